The molecule has 1 spiro atoms. The van der Waals surface area contributed by atoms with Gasteiger partial charge >= 0.3 is 10.1 Å². The average Bonchev–Trinajstić information content (AvgIpc) is 3.37. The minimum Gasteiger partial charge on any atom is -0.384 e. The van der Waals surface area contributed by atoms with Crippen LogP contribution in [0, 0.1) is 13.8 Å². The molecule has 2 fully saturated rings. The number of benzene rings is 1. The number of hydrogen-bond acceptors (Lipinski definition) is 4. The van der Waals surface area contributed by atoms with Crippen LogP contribution in [0.1, 0.15) is 73.1 Å². The summed E-state index contributed by atoms with van der Waals surface area (Å²) >= 11 is 0. The van der Waals surface area contributed by atoms with Gasteiger partial charge in [-0.05, 0) is 67.7 Å². The van der Waals surface area contributed by atoms with Crippen molar-refractivity contribution in [2.24, 2.45) is 0 Å². The first-order chi connectivity index (χ1) is 12.7. The lowest BCUT2D eigenvalue weighted by Gasteiger charge is -2.34. The van der Waals surface area contributed by atoms with Gasteiger partial charge in [-0.1, -0.05) is 31.4 Å². The normalized spacial score (nSPS) is 22.3. The van der Waals surface area contributed by atoms with E-state index >= 15 is 0 Å². The molecule has 0 bridgehead atoms. The van der Waals surface area contributed by atoms with E-state index in [1.54, 1.807) is 0 Å². The lowest BCUT2D eigenvalue weighted by Crippen LogP contribution is -2.46. The average molecular weight is 390 g/mol. The van der Waals surface area contributed by atoms with Gasteiger partial charge in [0.25, 0.3) is 5.91 Å². The third kappa shape index (κ3) is 3.40. The van der Waals surface area contributed by atoms with Crippen molar-refractivity contribution in [3.8, 4) is 0 Å². The highest BCUT2D eigenvalue weighted by molar-refractivity contribution is 7.86. The van der Waals surface area contributed by atoms with Crippen LogP contribution in [0.5, 0.6) is 0 Å². The Kier molecular flexibility index (Phi) is 4.37. The molecule has 0 atom stereocenters. The molecule has 3 aliphatic rings. The highest BCUT2D eigenvalue weighted by Gasteiger charge is 2.49. The minimum absolute atomic E-state index is 0.221. The van der Waals surface area contributed by atoms with E-state index in [4.69, 9.17) is 4.18 Å². The van der Waals surface area contributed by atoms with Crippen molar-refractivity contribution in [1.82, 2.24) is 5.32 Å². The molecule has 27 heavy (non-hydrogen) atoms. The number of hydrogen-bond donors (Lipinski definition) is 1. The summed E-state index contributed by atoms with van der Waals surface area (Å²) in [6, 6.07) is 4.29. The van der Waals surface area contributed by atoms with Crippen LogP contribution in [0.25, 0.3) is 5.57 Å². The van der Waals surface area contributed by atoms with E-state index in [0.29, 0.717) is 30.1 Å². The maximum Gasteiger partial charge on any atom is 0.306 e. The first kappa shape index (κ1) is 18.5. The summed E-state index contributed by atoms with van der Waals surface area (Å²) < 4.78 is 29.5. The van der Waals surface area contributed by atoms with Crippen molar-refractivity contribution in [3.05, 3.63) is 40.1 Å². The van der Waals surface area contributed by atoms with Gasteiger partial charge in [-0.2, -0.15) is 8.42 Å². The zero-order valence-electron chi connectivity index (χ0n) is 16.2. The fourth-order valence-corrected chi connectivity index (χ4v) is 5.28. The summed E-state index contributed by atoms with van der Waals surface area (Å²) in [6.07, 6.45) is 7.89. The number of nitrogens with one attached hydrogen (secondary N) is 1. The first-order valence-corrected chi connectivity index (χ1v) is 11.6. The lowest BCUT2D eigenvalue weighted by molar-refractivity contribution is -0.116. The fourth-order valence-electron chi connectivity index (χ4n) is 4.73. The predicted molar refractivity (Wildman–Crippen MR) is 105 cm³/mol. The molecule has 6 heteroatoms. The summed E-state index contributed by atoms with van der Waals surface area (Å²) in [7, 11) is -3.73. The maximum atomic E-state index is 13.0. The molecule has 5 nitrogen and oxygen atoms in total. The van der Waals surface area contributed by atoms with Gasteiger partial charge in [0.05, 0.1) is 11.8 Å². The van der Waals surface area contributed by atoms with Crippen molar-refractivity contribution in [2.75, 3.05) is 6.26 Å². The zero-order valence-corrected chi connectivity index (χ0v) is 17.0. The van der Waals surface area contributed by atoms with Crippen LogP contribution in [0.4, 0.5) is 0 Å². The third-order valence-corrected chi connectivity index (χ3v) is 6.51. The molecule has 1 aromatic rings. The monoisotopic (exact) mass is 389 g/mol. The Labute approximate surface area is 161 Å². The van der Waals surface area contributed by atoms with E-state index in [0.717, 1.165) is 42.2 Å². The summed E-state index contributed by atoms with van der Waals surface area (Å²) in [5, 5.41) is 3.09. The third-order valence-electron chi connectivity index (χ3n) is 6.04. The van der Waals surface area contributed by atoms with Crippen LogP contribution in [-0.4, -0.2) is 26.1 Å². The summed E-state index contributed by atoms with van der Waals surface area (Å²) in [6.45, 7) is 4.00. The molecule has 0 radical (unpaired) electrons. The van der Waals surface area contributed by atoms with Crippen LogP contribution in [0.15, 0.2) is 17.9 Å². The van der Waals surface area contributed by atoms with E-state index in [1.165, 1.54) is 18.4 Å². The van der Waals surface area contributed by atoms with Crippen LogP contribution < -0.4 is 5.32 Å². The molecule has 1 N–H and O–H groups in total. The molecule has 146 valence electrons. The standard InChI is InChI=1S/C21H27NO4S/c1-13-11-16(15-7-8-15)12-14(2)17(13)18-19(26-27(3,24)25)21(22-20(18)23)9-5-4-6-10-21/h11-12,15H,4-10H2,1-3H3,(H,22,23). The van der Waals surface area contributed by atoms with Gasteiger partial charge in [0, 0.05) is 0 Å². The van der Waals surface area contributed by atoms with Crippen molar-refractivity contribution < 1.29 is 17.4 Å². The maximum absolute atomic E-state index is 13.0. The van der Waals surface area contributed by atoms with Gasteiger partial charge in [0.2, 0.25) is 0 Å². The molecule has 1 aliphatic heterocycles. The van der Waals surface area contributed by atoms with E-state index in [2.05, 4.69) is 17.4 Å². The van der Waals surface area contributed by atoms with Gasteiger partial charge in [-0.3, -0.25) is 4.79 Å². The summed E-state index contributed by atoms with van der Waals surface area (Å²) in [4.78, 5) is 13.0. The molecular formula is C21H27NO4S. The van der Waals surface area contributed by atoms with Gasteiger partial charge in [-0.15, -0.1) is 0 Å². The molecule has 2 saturated carbocycles. The van der Waals surface area contributed by atoms with Gasteiger partial charge < -0.3 is 9.50 Å². The highest BCUT2D eigenvalue weighted by atomic mass is 32.2. The Morgan fingerprint density at radius 3 is 2.19 bits per heavy atom. The van der Waals surface area contributed by atoms with E-state index in [-0.39, 0.29) is 5.91 Å². The minimum atomic E-state index is -3.73. The molecule has 1 heterocycles. The highest BCUT2D eigenvalue weighted by Crippen LogP contribution is 2.46. The molecule has 4 rings (SSSR count). The molecular weight excluding hydrogens is 362 g/mol. The second kappa shape index (κ2) is 6.36. The molecule has 0 saturated heterocycles. The van der Waals surface area contributed by atoms with Crippen LogP contribution >= 0.6 is 0 Å². The number of amides is 1. The summed E-state index contributed by atoms with van der Waals surface area (Å²) in [5.74, 6) is 0.709. The van der Waals surface area contributed by atoms with Gasteiger partial charge in [0.1, 0.15) is 5.54 Å². The molecule has 1 aromatic carbocycles. The second-order valence-corrected chi connectivity index (χ2v) is 9.97. The topological polar surface area (TPSA) is 72.5 Å². The molecule has 0 aromatic heterocycles. The largest absolute Gasteiger partial charge is 0.384 e. The van der Waals surface area contributed by atoms with Gasteiger partial charge in [0.15, 0.2) is 5.76 Å². The Balaban J connectivity index is 1.90. The summed E-state index contributed by atoms with van der Waals surface area (Å²) in [5.41, 5.74) is 3.85. The molecule has 1 amide bonds. The Morgan fingerprint density at radius 1 is 1.07 bits per heavy atom. The van der Waals surface area contributed by atoms with Crippen molar-refractivity contribution in [3.63, 3.8) is 0 Å². The predicted octanol–water partition coefficient (Wildman–Crippen LogP) is 3.70. The number of carbonyl (C=O) groups excluding carboxylic acids is 1. The first-order valence-electron chi connectivity index (χ1n) is 9.78. The Bertz CT molecular complexity index is 912. The Morgan fingerprint density at radius 2 is 1.67 bits per heavy atom. The molecule has 0 unspecified atom stereocenters. The van der Waals surface area contributed by atoms with Crippen LogP contribution in [0.2, 0.25) is 0 Å². The second-order valence-electron chi connectivity index (χ2n) is 8.39. The quantitative estimate of drug-likeness (QED) is 0.797. The van der Waals surface area contributed by atoms with Crippen molar-refractivity contribution in [2.45, 2.75) is 70.3 Å². The lowest BCUT2D eigenvalue weighted by atomic mass is 9.80. The SMILES string of the molecule is Cc1cc(C2CC2)cc(C)c1C1=C(OS(C)(=O)=O)C2(CCCCC2)NC1=O. The smallest absolute Gasteiger partial charge is 0.306 e. The zero-order chi connectivity index (χ0) is 19.4. The fraction of sp³-hybridized carbons (Fsp3) is 0.571. The van der Waals surface area contributed by atoms with E-state index in [1.807, 2.05) is 13.8 Å². The number of rotatable bonds is 4. The van der Waals surface area contributed by atoms with Crippen LogP contribution in [0.3, 0.4) is 0 Å². The van der Waals surface area contributed by atoms with Crippen molar-refractivity contribution in [1.29, 1.82) is 0 Å². The molecule has 2 aliphatic carbocycles. The Hall–Kier alpha value is -1.82. The van der Waals surface area contributed by atoms with Gasteiger partial charge in [-0.25, -0.2) is 0 Å². The number of carbonyl (C=O) groups is 1. The van der Waals surface area contributed by atoms with E-state index in [9.17, 15) is 13.2 Å². The van der Waals surface area contributed by atoms with E-state index < -0.39 is 15.7 Å². The van der Waals surface area contributed by atoms with Crippen LogP contribution in [-0.2, 0) is 19.1 Å². The van der Waals surface area contributed by atoms with Crippen molar-refractivity contribution >= 4 is 21.6 Å². The number of aryl methyl sites for hydroxylation is 2.